The quantitative estimate of drug-likeness (QED) is 0.484. The Morgan fingerprint density at radius 1 is 1.67 bits per heavy atom. The van der Waals surface area contributed by atoms with E-state index in [0.717, 1.165) is 6.42 Å². The number of ether oxygens (including phenoxy) is 1. The summed E-state index contributed by atoms with van der Waals surface area (Å²) in [5.41, 5.74) is 0. The minimum atomic E-state index is -0.433. The Hall–Kier alpha value is -0.280. The van der Waals surface area contributed by atoms with Crippen LogP contribution < -0.4 is 0 Å². The normalized spacial score (nSPS) is 12.7. The third-order valence-electron chi connectivity index (χ3n) is 1.56. The molecule has 0 heterocycles. The minimum absolute atomic E-state index is 0.0345. The van der Waals surface area contributed by atoms with E-state index in [0.29, 0.717) is 13.2 Å². The maximum absolute atomic E-state index is 11.2. The molecule has 0 aromatic carbocycles. The summed E-state index contributed by atoms with van der Waals surface area (Å²) < 4.78 is 4.86. The zero-order chi connectivity index (χ0) is 9.56. The van der Waals surface area contributed by atoms with Crippen molar-refractivity contribution in [1.29, 1.82) is 0 Å². The highest BCUT2D eigenvalue weighted by molar-refractivity contribution is 6.30. The van der Waals surface area contributed by atoms with E-state index in [4.69, 9.17) is 16.3 Å². The fourth-order valence-electron chi connectivity index (χ4n) is 0.860. The Morgan fingerprint density at radius 3 is 2.67 bits per heavy atom. The number of alkyl halides is 1. The van der Waals surface area contributed by atoms with Crippen molar-refractivity contribution in [2.24, 2.45) is 0 Å². The van der Waals surface area contributed by atoms with E-state index in [2.05, 4.69) is 0 Å². The maximum Gasteiger partial charge on any atom is 0.240 e. The van der Waals surface area contributed by atoms with Gasteiger partial charge in [0.25, 0.3) is 0 Å². The molecule has 1 atom stereocenters. The highest BCUT2D eigenvalue weighted by Crippen LogP contribution is 1.99. The molecule has 1 amide bonds. The Bertz CT molecular complexity index is 139. The number of carbonyl (C=O) groups is 1. The van der Waals surface area contributed by atoms with E-state index in [1.807, 2.05) is 0 Å². The monoisotopic (exact) mass is 193 g/mol. The van der Waals surface area contributed by atoms with Crippen LogP contribution in [0, 0.1) is 0 Å². The Labute approximate surface area is 78.6 Å². The lowest BCUT2D eigenvalue weighted by atomic mass is 10.3. The molecule has 0 radical (unpaired) electrons. The molecule has 4 heteroatoms. The van der Waals surface area contributed by atoms with Gasteiger partial charge in [-0.3, -0.25) is 4.79 Å². The molecule has 0 aromatic rings. The van der Waals surface area contributed by atoms with Gasteiger partial charge in [-0.1, -0.05) is 0 Å². The van der Waals surface area contributed by atoms with Crippen LogP contribution in [0.4, 0.5) is 0 Å². The van der Waals surface area contributed by atoms with Gasteiger partial charge in [0.1, 0.15) is 5.38 Å². The summed E-state index contributed by atoms with van der Waals surface area (Å²) in [4.78, 5) is 12.8. The van der Waals surface area contributed by atoms with Crippen LogP contribution in [-0.2, 0) is 9.53 Å². The molecule has 0 aliphatic heterocycles. The predicted molar refractivity (Wildman–Crippen MR) is 49.4 cm³/mol. The average molecular weight is 194 g/mol. The lowest BCUT2D eigenvalue weighted by Crippen LogP contribution is -2.33. The lowest BCUT2D eigenvalue weighted by molar-refractivity contribution is -0.129. The molecule has 12 heavy (non-hydrogen) atoms. The lowest BCUT2D eigenvalue weighted by Gasteiger charge is -2.17. The summed E-state index contributed by atoms with van der Waals surface area (Å²) in [7, 11) is 3.39. The van der Waals surface area contributed by atoms with E-state index in [1.54, 1.807) is 26.0 Å². The van der Waals surface area contributed by atoms with Crippen molar-refractivity contribution >= 4 is 17.5 Å². The van der Waals surface area contributed by atoms with E-state index < -0.39 is 5.38 Å². The predicted octanol–water partition coefficient (Wildman–Crippen LogP) is 1.11. The largest absolute Gasteiger partial charge is 0.385 e. The summed E-state index contributed by atoms with van der Waals surface area (Å²) in [6.45, 7) is 3.05. The number of amides is 1. The van der Waals surface area contributed by atoms with E-state index in [9.17, 15) is 4.79 Å². The Balaban J connectivity index is 3.57. The van der Waals surface area contributed by atoms with Crippen molar-refractivity contribution in [3.05, 3.63) is 0 Å². The van der Waals surface area contributed by atoms with Gasteiger partial charge in [0.05, 0.1) is 0 Å². The molecule has 0 aromatic heterocycles. The number of hydrogen-bond donors (Lipinski definition) is 0. The Morgan fingerprint density at radius 2 is 2.25 bits per heavy atom. The summed E-state index contributed by atoms with van der Waals surface area (Å²) >= 11 is 5.61. The highest BCUT2D eigenvalue weighted by atomic mass is 35.5. The third-order valence-corrected chi connectivity index (χ3v) is 1.75. The first kappa shape index (κ1) is 11.7. The zero-order valence-electron chi connectivity index (χ0n) is 7.84. The van der Waals surface area contributed by atoms with Gasteiger partial charge >= 0.3 is 0 Å². The van der Waals surface area contributed by atoms with Gasteiger partial charge in [0.15, 0.2) is 0 Å². The molecule has 0 fully saturated rings. The standard InChI is InChI=1S/C8H16ClNO2/c1-7(9)8(11)10(2)5-4-6-12-3/h7H,4-6H2,1-3H3. The van der Waals surface area contributed by atoms with Gasteiger partial charge in [-0.25, -0.2) is 0 Å². The molecular formula is C8H16ClNO2. The van der Waals surface area contributed by atoms with Crippen molar-refractivity contribution in [2.75, 3.05) is 27.3 Å². The van der Waals surface area contributed by atoms with Crippen molar-refractivity contribution in [2.45, 2.75) is 18.7 Å². The van der Waals surface area contributed by atoms with Crippen molar-refractivity contribution < 1.29 is 9.53 Å². The van der Waals surface area contributed by atoms with Gasteiger partial charge in [-0.2, -0.15) is 0 Å². The van der Waals surface area contributed by atoms with Crippen LogP contribution in [0.5, 0.6) is 0 Å². The smallest absolute Gasteiger partial charge is 0.240 e. The molecule has 0 bridgehead atoms. The number of methoxy groups -OCH3 is 1. The molecule has 0 aliphatic carbocycles. The number of rotatable bonds is 5. The zero-order valence-corrected chi connectivity index (χ0v) is 8.60. The minimum Gasteiger partial charge on any atom is -0.385 e. The van der Waals surface area contributed by atoms with Gasteiger partial charge < -0.3 is 9.64 Å². The number of carbonyl (C=O) groups excluding carboxylic acids is 1. The Kier molecular flexibility index (Phi) is 6.11. The van der Waals surface area contributed by atoms with Crippen LogP contribution in [0.3, 0.4) is 0 Å². The van der Waals surface area contributed by atoms with Gasteiger partial charge in [0, 0.05) is 27.3 Å². The van der Waals surface area contributed by atoms with Crippen molar-refractivity contribution in [3.63, 3.8) is 0 Å². The molecule has 0 saturated carbocycles. The molecule has 3 nitrogen and oxygen atoms in total. The van der Waals surface area contributed by atoms with Crippen LogP contribution in [-0.4, -0.2) is 43.5 Å². The van der Waals surface area contributed by atoms with Crippen molar-refractivity contribution in [3.8, 4) is 0 Å². The molecule has 0 N–H and O–H groups in total. The van der Waals surface area contributed by atoms with Gasteiger partial charge in [-0.05, 0) is 13.3 Å². The van der Waals surface area contributed by atoms with Crippen LogP contribution in [0.2, 0.25) is 0 Å². The molecule has 0 rings (SSSR count). The molecule has 0 aliphatic rings. The van der Waals surface area contributed by atoms with Crippen molar-refractivity contribution in [1.82, 2.24) is 4.90 Å². The van der Waals surface area contributed by atoms with Crippen LogP contribution in [0.1, 0.15) is 13.3 Å². The fourth-order valence-corrected chi connectivity index (χ4v) is 1.03. The number of nitrogens with zero attached hydrogens (tertiary/aromatic N) is 1. The van der Waals surface area contributed by atoms with Crippen LogP contribution in [0.15, 0.2) is 0 Å². The van der Waals surface area contributed by atoms with Gasteiger partial charge in [0.2, 0.25) is 5.91 Å². The van der Waals surface area contributed by atoms with E-state index in [-0.39, 0.29) is 5.91 Å². The average Bonchev–Trinajstić information content (AvgIpc) is 2.03. The van der Waals surface area contributed by atoms with E-state index >= 15 is 0 Å². The fraction of sp³-hybridized carbons (Fsp3) is 0.875. The second-order valence-corrected chi connectivity index (χ2v) is 3.38. The van der Waals surface area contributed by atoms with E-state index in [1.165, 1.54) is 0 Å². The first-order valence-corrected chi connectivity index (χ1v) is 4.41. The van der Waals surface area contributed by atoms with Crippen LogP contribution >= 0.6 is 11.6 Å². The topological polar surface area (TPSA) is 29.5 Å². The third kappa shape index (κ3) is 4.57. The highest BCUT2D eigenvalue weighted by Gasteiger charge is 2.13. The summed E-state index contributed by atoms with van der Waals surface area (Å²) in [5.74, 6) is -0.0345. The summed E-state index contributed by atoms with van der Waals surface area (Å²) in [5, 5.41) is -0.433. The molecule has 0 saturated heterocycles. The summed E-state index contributed by atoms with van der Waals surface area (Å²) in [6.07, 6.45) is 0.850. The van der Waals surface area contributed by atoms with Gasteiger partial charge in [-0.15, -0.1) is 11.6 Å². The second kappa shape index (κ2) is 6.26. The number of halogens is 1. The second-order valence-electron chi connectivity index (χ2n) is 2.72. The number of hydrogen-bond acceptors (Lipinski definition) is 2. The van der Waals surface area contributed by atoms with Crippen LogP contribution in [0.25, 0.3) is 0 Å². The first-order valence-electron chi connectivity index (χ1n) is 3.97. The SMILES string of the molecule is COCCCN(C)C(=O)C(C)Cl. The molecule has 72 valence electrons. The molecule has 1 unspecified atom stereocenters. The molecular weight excluding hydrogens is 178 g/mol. The first-order chi connectivity index (χ1) is 5.59. The summed E-state index contributed by atoms with van der Waals surface area (Å²) in [6, 6.07) is 0. The maximum atomic E-state index is 11.2. The molecule has 0 spiro atoms.